The van der Waals surface area contributed by atoms with Crippen molar-refractivity contribution >= 4 is 76.1 Å². The molecule has 12 aromatic rings. The number of benzene rings is 9. The zero-order chi connectivity index (χ0) is 36.7. The molecule has 0 aliphatic heterocycles. The van der Waals surface area contributed by atoms with Crippen LogP contribution in [0.4, 0.5) is 0 Å². The van der Waals surface area contributed by atoms with Crippen molar-refractivity contribution in [3.05, 3.63) is 182 Å². The van der Waals surface area contributed by atoms with E-state index in [0.717, 1.165) is 71.5 Å². The Hall–Kier alpha value is -7.63. The molecule has 0 fully saturated rings. The van der Waals surface area contributed by atoms with Crippen LogP contribution in [0.1, 0.15) is 0 Å². The van der Waals surface area contributed by atoms with Gasteiger partial charge < -0.3 is 8.98 Å². The molecule has 0 amide bonds. The monoisotopic (exact) mass is 714 g/mol. The Balaban J connectivity index is 1.15. The van der Waals surface area contributed by atoms with E-state index in [2.05, 4.69) is 162 Å². The topological polar surface area (TPSA) is 56.7 Å². The second-order valence-corrected chi connectivity index (χ2v) is 14.3. The molecule has 0 radical (unpaired) electrons. The Bertz CT molecular complexity index is 3540. The van der Waals surface area contributed by atoms with Gasteiger partial charge in [0.1, 0.15) is 5.58 Å². The highest BCUT2D eigenvalue weighted by molar-refractivity contribution is 6.35. The molecule has 9 aromatic carbocycles. The van der Waals surface area contributed by atoms with Gasteiger partial charge in [0, 0.05) is 43.6 Å². The molecule has 0 saturated carbocycles. The Morgan fingerprint density at radius 3 is 1.82 bits per heavy atom. The van der Waals surface area contributed by atoms with E-state index in [1.54, 1.807) is 0 Å². The van der Waals surface area contributed by atoms with E-state index >= 15 is 0 Å². The number of furan rings is 1. The van der Waals surface area contributed by atoms with E-state index in [-0.39, 0.29) is 0 Å². The minimum atomic E-state index is 0.623. The van der Waals surface area contributed by atoms with Crippen LogP contribution >= 0.6 is 0 Å². The van der Waals surface area contributed by atoms with E-state index in [4.69, 9.17) is 19.4 Å². The van der Waals surface area contributed by atoms with Crippen LogP contribution in [0, 0.1) is 0 Å². The summed E-state index contributed by atoms with van der Waals surface area (Å²) in [5.41, 5.74) is 7.80. The maximum absolute atomic E-state index is 6.86. The third kappa shape index (κ3) is 4.52. The van der Waals surface area contributed by atoms with Crippen molar-refractivity contribution in [2.75, 3.05) is 0 Å². The third-order valence-corrected chi connectivity index (χ3v) is 11.2. The van der Waals surface area contributed by atoms with Crippen LogP contribution in [-0.4, -0.2) is 19.5 Å². The van der Waals surface area contributed by atoms with Crippen LogP contribution in [-0.2, 0) is 0 Å². The van der Waals surface area contributed by atoms with Gasteiger partial charge in [-0.15, -0.1) is 0 Å². The molecule has 0 spiro atoms. The van der Waals surface area contributed by atoms with E-state index in [9.17, 15) is 0 Å². The van der Waals surface area contributed by atoms with Gasteiger partial charge in [0.15, 0.2) is 23.1 Å². The molecule has 5 nitrogen and oxygen atoms in total. The average molecular weight is 715 g/mol. The first-order chi connectivity index (χ1) is 27.8. The summed E-state index contributed by atoms with van der Waals surface area (Å²) in [7, 11) is 0. The number of para-hydroxylation sites is 2. The quantitative estimate of drug-likeness (QED) is 0.182. The summed E-state index contributed by atoms with van der Waals surface area (Å²) in [5.74, 6) is 1.89. The molecule has 12 rings (SSSR count). The zero-order valence-corrected chi connectivity index (χ0v) is 30.0. The second kappa shape index (κ2) is 11.9. The fourth-order valence-corrected chi connectivity index (χ4v) is 8.72. The van der Waals surface area contributed by atoms with Gasteiger partial charge in [0.25, 0.3) is 0 Å². The smallest absolute Gasteiger partial charge is 0.164 e. The lowest BCUT2D eigenvalue weighted by atomic mass is 9.98. The van der Waals surface area contributed by atoms with Crippen LogP contribution in [0.5, 0.6) is 0 Å². The van der Waals surface area contributed by atoms with Crippen molar-refractivity contribution in [1.29, 1.82) is 0 Å². The number of aromatic nitrogens is 4. The molecule has 0 aliphatic rings. The molecule has 0 unspecified atom stereocenters. The lowest BCUT2D eigenvalue weighted by Gasteiger charge is -2.15. The highest BCUT2D eigenvalue weighted by atomic mass is 16.3. The Morgan fingerprint density at radius 2 is 1.00 bits per heavy atom. The first kappa shape index (κ1) is 30.8. The third-order valence-electron chi connectivity index (χ3n) is 11.2. The molecule has 0 bridgehead atoms. The summed E-state index contributed by atoms with van der Waals surface area (Å²) in [5, 5.41) is 11.4. The van der Waals surface area contributed by atoms with Gasteiger partial charge in [-0.05, 0) is 57.3 Å². The largest absolute Gasteiger partial charge is 0.454 e. The van der Waals surface area contributed by atoms with E-state index in [1.807, 2.05) is 24.3 Å². The van der Waals surface area contributed by atoms with Crippen LogP contribution in [0.25, 0.3) is 116 Å². The van der Waals surface area contributed by atoms with Gasteiger partial charge in [-0.3, -0.25) is 0 Å². The molecule has 3 aromatic heterocycles. The standard InChI is InChI=1S/C51H30N4O/c1-2-15-32(16-3-1)49-52-50(34-27-26-31-14-4-5-17-33(31)30-34)54-51(53-49)39-28-29-43(36-19-7-6-18-35(36)39)55-42-24-12-10-22-40(42)45-37-20-8-9-21-38(37)46-41-23-11-13-25-44(41)56-48(46)47(45)55/h1-30H. The summed E-state index contributed by atoms with van der Waals surface area (Å²) in [6, 6.07) is 63.7. The van der Waals surface area contributed by atoms with Crippen molar-refractivity contribution in [3.8, 4) is 39.9 Å². The van der Waals surface area contributed by atoms with Crippen molar-refractivity contribution in [3.63, 3.8) is 0 Å². The van der Waals surface area contributed by atoms with E-state index in [0.29, 0.717) is 17.5 Å². The van der Waals surface area contributed by atoms with Crippen molar-refractivity contribution in [2.24, 2.45) is 0 Å². The molecule has 0 saturated heterocycles. The van der Waals surface area contributed by atoms with Crippen molar-refractivity contribution in [2.45, 2.75) is 0 Å². The molecule has 260 valence electrons. The Kier molecular flexibility index (Phi) is 6.56. The normalized spacial score (nSPS) is 11.9. The highest BCUT2D eigenvalue weighted by Crippen LogP contribution is 2.46. The number of nitrogens with zero attached hydrogens (tertiary/aromatic N) is 4. The number of fused-ring (bicyclic) bond motifs is 12. The number of rotatable bonds is 4. The van der Waals surface area contributed by atoms with Crippen molar-refractivity contribution < 1.29 is 4.42 Å². The number of hydrogen-bond acceptors (Lipinski definition) is 4. The molecule has 56 heavy (non-hydrogen) atoms. The van der Waals surface area contributed by atoms with Crippen LogP contribution in [0.3, 0.4) is 0 Å². The Labute approximate surface area is 320 Å². The maximum atomic E-state index is 6.86. The highest BCUT2D eigenvalue weighted by Gasteiger charge is 2.24. The fraction of sp³-hybridized carbons (Fsp3) is 0. The molecule has 0 atom stereocenters. The second-order valence-electron chi connectivity index (χ2n) is 14.3. The lowest BCUT2D eigenvalue weighted by molar-refractivity contribution is 0.671. The molecular formula is C51H30N4O. The molecule has 0 N–H and O–H groups in total. The van der Waals surface area contributed by atoms with Gasteiger partial charge in [0.05, 0.1) is 16.7 Å². The summed E-state index contributed by atoms with van der Waals surface area (Å²) < 4.78 is 9.26. The SMILES string of the molecule is c1ccc(-c2nc(-c3ccc4ccccc4c3)nc(-c3ccc(-n4c5ccccc5c5c6ccccc6c6c7ccccc7oc6c54)c4ccccc34)n2)cc1. The van der Waals surface area contributed by atoms with Crippen LogP contribution in [0.2, 0.25) is 0 Å². The summed E-state index contributed by atoms with van der Waals surface area (Å²) in [6.07, 6.45) is 0. The van der Waals surface area contributed by atoms with Gasteiger partial charge in [-0.1, -0.05) is 152 Å². The predicted molar refractivity (Wildman–Crippen MR) is 230 cm³/mol. The minimum Gasteiger partial charge on any atom is -0.454 e. The van der Waals surface area contributed by atoms with Gasteiger partial charge in [-0.25, -0.2) is 15.0 Å². The Morgan fingerprint density at radius 1 is 0.393 bits per heavy atom. The summed E-state index contributed by atoms with van der Waals surface area (Å²) >= 11 is 0. The first-order valence-electron chi connectivity index (χ1n) is 18.9. The molecule has 3 heterocycles. The fourth-order valence-electron chi connectivity index (χ4n) is 8.72. The zero-order valence-electron chi connectivity index (χ0n) is 30.0. The number of hydrogen-bond donors (Lipinski definition) is 0. The summed E-state index contributed by atoms with van der Waals surface area (Å²) in [6.45, 7) is 0. The van der Waals surface area contributed by atoms with Gasteiger partial charge >= 0.3 is 0 Å². The van der Waals surface area contributed by atoms with Gasteiger partial charge in [0.2, 0.25) is 0 Å². The molecular weight excluding hydrogens is 685 g/mol. The maximum Gasteiger partial charge on any atom is 0.164 e. The lowest BCUT2D eigenvalue weighted by Crippen LogP contribution is -2.02. The predicted octanol–water partition coefficient (Wildman–Crippen LogP) is 13.3. The van der Waals surface area contributed by atoms with E-state index < -0.39 is 0 Å². The van der Waals surface area contributed by atoms with Crippen LogP contribution < -0.4 is 0 Å². The molecule has 0 aliphatic carbocycles. The summed E-state index contributed by atoms with van der Waals surface area (Å²) in [4.78, 5) is 15.4. The first-order valence-corrected chi connectivity index (χ1v) is 18.9. The van der Waals surface area contributed by atoms with Gasteiger partial charge in [-0.2, -0.15) is 0 Å². The van der Waals surface area contributed by atoms with Crippen LogP contribution in [0.15, 0.2) is 186 Å². The molecule has 5 heteroatoms. The van der Waals surface area contributed by atoms with E-state index in [1.165, 1.54) is 26.9 Å². The average Bonchev–Trinajstić information content (AvgIpc) is 3.83. The van der Waals surface area contributed by atoms with Crippen molar-refractivity contribution in [1.82, 2.24) is 19.5 Å². The minimum absolute atomic E-state index is 0.623.